The minimum Gasteiger partial charge on any atom is -0.504 e. The van der Waals surface area contributed by atoms with Crippen LogP contribution in [0.2, 0.25) is 0 Å². The van der Waals surface area contributed by atoms with Crippen LogP contribution < -0.4 is 0 Å². The van der Waals surface area contributed by atoms with Gasteiger partial charge in [-0.1, -0.05) is 29.8 Å². The van der Waals surface area contributed by atoms with Gasteiger partial charge in [0, 0.05) is 0 Å². The SMILES string of the molecule is COC=Cc1ccc(C)cc1. The van der Waals surface area contributed by atoms with Crippen LogP contribution in [0.3, 0.4) is 0 Å². The lowest BCUT2D eigenvalue weighted by Crippen LogP contribution is -1.73. The molecule has 0 atom stereocenters. The van der Waals surface area contributed by atoms with Gasteiger partial charge in [0.2, 0.25) is 0 Å². The second-order valence-corrected chi connectivity index (χ2v) is 2.45. The molecule has 0 fully saturated rings. The molecule has 0 bridgehead atoms. The number of benzene rings is 1. The maximum atomic E-state index is 4.80. The van der Waals surface area contributed by atoms with Gasteiger partial charge in [-0.3, -0.25) is 0 Å². The van der Waals surface area contributed by atoms with Crippen molar-refractivity contribution in [2.45, 2.75) is 6.92 Å². The van der Waals surface area contributed by atoms with Crippen molar-refractivity contribution in [1.82, 2.24) is 0 Å². The molecule has 1 aromatic carbocycles. The van der Waals surface area contributed by atoms with Gasteiger partial charge in [-0.15, -0.1) is 0 Å². The van der Waals surface area contributed by atoms with Gasteiger partial charge < -0.3 is 4.74 Å². The third kappa shape index (κ3) is 2.46. The van der Waals surface area contributed by atoms with Crippen LogP contribution in [0.4, 0.5) is 0 Å². The lowest BCUT2D eigenvalue weighted by atomic mass is 10.1. The number of rotatable bonds is 2. The maximum Gasteiger partial charge on any atom is 0.0830 e. The fraction of sp³-hybridized carbons (Fsp3) is 0.200. The van der Waals surface area contributed by atoms with Gasteiger partial charge in [0.05, 0.1) is 13.4 Å². The third-order valence-electron chi connectivity index (χ3n) is 1.47. The molecule has 0 amide bonds. The molecule has 0 saturated heterocycles. The summed E-state index contributed by atoms with van der Waals surface area (Å²) >= 11 is 0. The van der Waals surface area contributed by atoms with Crippen molar-refractivity contribution >= 4 is 6.08 Å². The minimum absolute atomic E-state index is 1.16. The Balaban J connectivity index is 2.73. The van der Waals surface area contributed by atoms with Crippen LogP contribution in [0.25, 0.3) is 6.08 Å². The number of hydrogen-bond donors (Lipinski definition) is 0. The van der Waals surface area contributed by atoms with E-state index in [4.69, 9.17) is 4.74 Å². The first-order valence-electron chi connectivity index (χ1n) is 3.59. The molecule has 1 nitrogen and oxygen atoms in total. The van der Waals surface area contributed by atoms with Crippen LogP contribution in [0, 0.1) is 6.92 Å². The Morgan fingerprint density at radius 2 is 1.82 bits per heavy atom. The van der Waals surface area contributed by atoms with Crippen LogP contribution in [0.15, 0.2) is 30.5 Å². The molecule has 0 aliphatic carbocycles. The Morgan fingerprint density at radius 1 is 1.18 bits per heavy atom. The average molecular weight is 148 g/mol. The van der Waals surface area contributed by atoms with Crippen LogP contribution in [-0.2, 0) is 4.74 Å². The summed E-state index contributed by atoms with van der Waals surface area (Å²) in [4.78, 5) is 0. The second-order valence-electron chi connectivity index (χ2n) is 2.45. The summed E-state index contributed by atoms with van der Waals surface area (Å²) in [6.45, 7) is 2.07. The summed E-state index contributed by atoms with van der Waals surface area (Å²) in [6, 6.07) is 8.28. The molecule has 0 spiro atoms. The monoisotopic (exact) mass is 148 g/mol. The highest BCUT2D eigenvalue weighted by Gasteiger charge is 1.84. The molecule has 11 heavy (non-hydrogen) atoms. The van der Waals surface area contributed by atoms with Crippen molar-refractivity contribution in [1.29, 1.82) is 0 Å². The van der Waals surface area contributed by atoms with Gasteiger partial charge in [0.25, 0.3) is 0 Å². The van der Waals surface area contributed by atoms with E-state index < -0.39 is 0 Å². The van der Waals surface area contributed by atoms with E-state index in [1.807, 2.05) is 6.08 Å². The molecular formula is C10H12O. The Labute approximate surface area is 67.3 Å². The smallest absolute Gasteiger partial charge is 0.0830 e. The van der Waals surface area contributed by atoms with Crippen LogP contribution in [-0.4, -0.2) is 7.11 Å². The van der Waals surface area contributed by atoms with E-state index in [1.54, 1.807) is 13.4 Å². The molecule has 1 heteroatoms. The number of methoxy groups -OCH3 is 1. The molecular weight excluding hydrogens is 136 g/mol. The zero-order chi connectivity index (χ0) is 8.10. The van der Waals surface area contributed by atoms with Gasteiger partial charge in [0.1, 0.15) is 0 Å². The van der Waals surface area contributed by atoms with E-state index in [1.165, 1.54) is 5.56 Å². The first-order valence-corrected chi connectivity index (χ1v) is 3.59. The molecule has 0 unspecified atom stereocenters. The minimum atomic E-state index is 1.16. The summed E-state index contributed by atoms with van der Waals surface area (Å²) in [5.41, 5.74) is 2.44. The van der Waals surface area contributed by atoms with Crippen molar-refractivity contribution in [3.8, 4) is 0 Å². The van der Waals surface area contributed by atoms with Crippen molar-refractivity contribution in [2.75, 3.05) is 7.11 Å². The fourth-order valence-corrected chi connectivity index (χ4v) is 0.824. The summed E-state index contributed by atoms with van der Waals surface area (Å²) in [5, 5.41) is 0. The number of hydrogen-bond acceptors (Lipinski definition) is 1. The normalized spacial score (nSPS) is 10.4. The van der Waals surface area contributed by atoms with Crippen molar-refractivity contribution in [3.63, 3.8) is 0 Å². The first kappa shape index (κ1) is 7.86. The van der Waals surface area contributed by atoms with E-state index in [2.05, 4.69) is 31.2 Å². The Kier molecular flexibility index (Phi) is 2.73. The standard InChI is InChI=1S/C10H12O/c1-9-3-5-10(6-4-9)7-8-11-2/h3-8H,1-2H3. The van der Waals surface area contributed by atoms with Gasteiger partial charge in [-0.25, -0.2) is 0 Å². The molecule has 0 aliphatic rings. The van der Waals surface area contributed by atoms with E-state index in [9.17, 15) is 0 Å². The van der Waals surface area contributed by atoms with E-state index in [-0.39, 0.29) is 0 Å². The zero-order valence-electron chi connectivity index (χ0n) is 6.87. The third-order valence-corrected chi connectivity index (χ3v) is 1.47. The molecule has 0 aromatic heterocycles. The molecule has 0 aliphatic heterocycles. The number of aryl methyl sites for hydroxylation is 1. The predicted octanol–water partition coefficient (Wildman–Crippen LogP) is 2.61. The lowest BCUT2D eigenvalue weighted by molar-refractivity contribution is 0.341. The second kappa shape index (κ2) is 3.81. The topological polar surface area (TPSA) is 9.23 Å². The molecule has 0 N–H and O–H groups in total. The van der Waals surface area contributed by atoms with Gasteiger partial charge in [-0.05, 0) is 18.6 Å². The summed E-state index contributed by atoms with van der Waals surface area (Å²) in [6.07, 6.45) is 3.60. The van der Waals surface area contributed by atoms with Crippen LogP contribution in [0.1, 0.15) is 11.1 Å². The highest BCUT2D eigenvalue weighted by Crippen LogP contribution is 2.04. The van der Waals surface area contributed by atoms with E-state index in [0.717, 1.165) is 5.56 Å². The van der Waals surface area contributed by atoms with Crippen molar-refractivity contribution in [3.05, 3.63) is 41.7 Å². The lowest BCUT2D eigenvalue weighted by Gasteiger charge is -1.93. The van der Waals surface area contributed by atoms with Gasteiger partial charge in [0.15, 0.2) is 0 Å². The maximum absolute atomic E-state index is 4.80. The fourth-order valence-electron chi connectivity index (χ4n) is 0.824. The Hall–Kier alpha value is -1.24. The highest BCUT2D eigenvalue weighted by molar-refractivity contribution is 5.48. The quantitative estimate of drug-likeness (QED) is 0.586. The zero-order valence-corrected chi connectivity index (χ0v) is 6.87. The Bertz CT molecular complexity index is 234. The summed E-state index contributed by atoms with van der Waals surface area (Å²) in [7, 11) is 1.64. The van der Waals surface area contributed by atoms with Crippen LogP contribution in [0.5, 0.6) is 0 Å². The average Bonchev–Trinajstić information content (AvgIpc) is 2.04. The molecule has 58 valence electrons. The molecule has 1 rings (SSSR count). The van der Waals surface area contributed by atoms with Gasteiger partial charge in [-0.2, -0.15) is 0 Å². The van der Waals surface area contributed by atoms with Crippen molar-refractivity contribution < 1.29 is 4.74 Å². The predicted molar refractivity (Wildman–Crippen MR) is 47.2 cm³/mol. The summed E-state index contributed by atoms with van der Waals surface area (Å²) in [5.74, 6) is 0. The number of ether oxygens (including phenoxy) is 1. The van der Waals surface area contributed by atoms with Gasteiger partial charge >= 0.3 is 0 Å². The first-order chi connectivity index (χ1) is 5.33. The molecule has 0 saturated carbocycles. The van der Waals surface area contributed by atoms with E-state index >= 15 is 0 Å². The largest absolute Gasteiger partial charge is 0.504 e. The summed E-state index contributed by atoms with van der Waals surface area (Å²) < 4.78 is 4.80. The van der Waals surface area contributed by atoms with E-state index in [0.29, 0.717) is 0 Å². The van der Waals surface area contributed by atoms with Crippen molar-refractivity contribution in [2.24, 2.45) is 0 Å². The molecule has 0 radical (unpaired) electrons. The Morgan fingerprint density at radius 3 is 2.36 bits per heavy atom. The van der Waals surface area contributed by atoms with Crippen LogP contribution >= 0.6 is 0 Å². The molecule has 1 aromatic rings. The molecule has 0 heterocycles. The highest BCUT2D eigenvalue weighted by atomic mass is 16.5.